The molecule has 1 N–H and O–H groups in total. The van der Waals surface area contributed by atoms with Crippen molar-refractivity contribution in [1.82, 2.24) is 0 Å². The van der Waals surface area contributed by atoms with Crippen molar-refractivity contribution in [3.63, 3.8) is 0 Å². The second-order valence-corrected chi connectivity index (χ2v) is 3.82. The van der Waals surface area contributed by atoms with Crippen molar-refractivity contribution in [2.75, 3.05) is 0 Å². The second kappa shape index (κ2) is 7.53. The van der Waals surface area contributed by atoms with E-state index in [4.69, 9.17) is 10.4 Å². The summed E-state index contributed by atoms with van der Waals surface area (Å²) in [6.07, 6.45) is 0. The minimum atomic E-state index is -0.441. The van der Waals surface area contributed by atoms with Crippen molar-refractivity contribution < 1.29 is 40.9 Å². The summed E-state index contributed by atoms with van der Waals surface area (Å²) in [5.74, 6) is -0.245. The van der Waals surface area contributed by atoms with Crippen LogP contribution in [0, 0.1) is 11.3 Å². The quantitative estimate of drug-likeness (QED) is 0.256. The number of hydrogen-bond acceptors (Lipinski definition) is 4. The Morgan fingerprint density at radius 1 is 1.44 bits per heavy atom. The molecule has 78 valence electrons. The fraction of sp³-hybridized carbons (Fsp3) is 0.0909. The van der Waals surface area contributed by atoms with Crippen LogP contribution >= 0.6 is 11.8 Å². The van der Waals surface area contributed by atoms with Crippen molar-refractivity contribution in [2.45, 2.75) is 11.8 Å². The summed E-state index contributed by atoms with van der Waals surface area (Å²) in [6, 6.07) is 10.7. The number of thioether (sulfide) groups is 1. The maximum atomic E-state index is 11.5. The Morgan fingerprint density at radius 2 is 2.00 bits per heavy atom. The fourth-order valence-electron chi connectivity index (χ4n) is 0.921. The summed E-state index contributed by atoms with van der Waals surface area (Å²) < 4.78 is 0. The van der Waals surface area contributed by atoms with E-state index in [1.54, 1.807) is 30.3 Å². The number of nitriles is 1. The van der Waals surface area contributed by atoms with Crippen LogP contribution < -0.4 is 29.6 Å². The molecule has 1 aromatic rings. The van der Waals surface area contributed by atoms with Gasteiger partial charge in [0.2, 0.25) is 5.12 Å². The Bertz CT molecular complexity index is 439. The Labute approximate surface area is 122 Å². The summed E-state index contributed by atoms with van der Waals surface area (Å²) in [5.41, 5.74) is -0.205. The number of aliphatic hydroxyl groups is 1. The number of rotatable bonds is 2. The summed E-state index contributed by atoms with van der Waals surface area (Å²) in [6.45, 7) is 1.32. The third-order valence-electron chi connectivity index (χ3n) is 1.63. The number of aliphatic hydroxyl groups excluding tert-OH is 1. The van der Waals surface area contributed by atoms with E-state index in [-0.39, 0.29) is 42.3 Å². The first-order chi connectivity index (χ1) is 7.15. The van der Waals surface area contributed by atoms with E-state index in [1.807, 2.05) is 6.07 Å². The van der Waals surface area contributed by atoms with E-state index < -0.39 is 5.12 Å². The van der Waals surface area contributed by atoms with Crippen LogP contribution in [0.4, 0.5) is 0 Å². The van der Waals surface area contributed by atoms with Crippen LogP contribution in [-0.2, 0) is 4.79 Å². The number of carbonyl (C=O) groups excluding carboxylic acids is 1. The van der Waals surface area contributed by atoms with Gasteiger partial charge in [-0.1, -0.05) is 18.2 Å². The van der Waals surface area contributed by atoms with Gasteiger partial charge in [-0.2, -0.15) is 5.26 Å². The largest absolute Gasteiger partial charge is 1.00 e. The predicted molar refractivity (Wildman–Crippen MR) is 59.4 cm³/mol. The molecule has 0 radical (unpaired) electrons. The van der Waals surface area contributed by atoms with E-state index in [2.05, 4.69) is 0 Å². The molecule has 0 atom stereocenters. The number of nitrogens with zero attached hydrogens (tertiary/aromatic N) is 1. The SMILES string of the molecule is C/C(O)=C(\C#N)C(=O)Sc1ccccc1.[H-].[Na+]. The maximum Gasteiger partial charge on any atom is 1.00 e. The van der Waals surface area contributed by atoms with Gasteiger partial charge in [0.1, 0.15) is 17.4 Å². The average molecular weight is 243 g/mol. The predicted octanol–water partition coefficient (Wildman–Crippen LogP) is -0.223. The van der Waals surface area contributed by atoms with Crippen molar-refractivity contribution >= 4 is 16.9 Å². The van der Waals surface area contributed by atoms with Crippen LogP contribution in [0.1, 0.15) is 8.35 Å². The molecule has 0 unspecified atom stereocenters. The molecule has 0 fully saturated rings. The summed E-state index contributed by atoms with van der Waals surface area (Å²) in [7, 11) is 0. The number of carbonyl (C=O) groups is 1. The van der Waals surface area contributed by atoms with Gasteiger partial charge in [-0.25, -0.2) is 0 Å². The number of allylic oxidation sites excluding steroid dienone is 1. The molecule has 0 spiro atoms. The molecule has 0 aliphatic rings. The van der Waals surface area contributed by atoms with Gasteiger partial charge in [-0.3, -0.25) is 4.79 Å². The van der Waals surface area contributed by atoms with Crippen LogP contribution in [0.3, 0.4) is 0 Å². The van der Waals surface area contributed by atoms with Crippen molar-refractivity contribution in [3.05, 3.63) is 41.7 Å². The zero-order chi connectivity index (χ0) is 11.3. The van der Waals surface area contributed by atoms with Gasteiger partial charge in [0.15, 0.2) is 0 Å². The Morgan fingerprint density at radius 3 is 2.44 bits per heavy atom. The van der Waals surface area contributed by atoms with Gasteiger partial charge in [0.25, 0.3) is 0 Å². The molecular weight excluding hydrogens is 233 g/mol. The van der Waals surface area contributed by atoms with Gasteiger partial charge in [0.05, 0.1) is 0 Å². The molecule has 0 aliphatic carbocycles. The normalized spacial score (nSPS) is 10.8. The molecule has 0 amide bonds. The third-order valence-corrected chi connectivity index (χ3v) is 2.53. The fourth-order valence-corrected chi connectivity index (χ4v) is 1.72. The first kappa shape index (κ1) is 15.3. The molecule has 0 saturated carbocycles. The molecule has 5 heteroatoms. The second-order valence-electron chi connectivity index (χ2n) is 2.77. The van der Waals surface area contributed by atoms with Gasteiger partial charge in [0, 0.05) is 4.90 Å². The minimum absolute atomic E-state index is 0. The summed E-state index contributed by atoms with van der Waals surface area (Å²) >= 11 is 0.925. The first-order valence-electron chi connectivity index (χ1n) is 4.22. The van der Waals surface area contributed by atoms with Gasteiger partial charge in [-0.15, -0.1) is 0 Å². The average Bonchev–Trinajstić information content (AvgIpc) is 2.19. The summed E-state index contributed by atoms with van der Waals surface area (Å²) in [4.78, 5) is 12.3. The van der Waals surface area contributed by atoms with Crippen molar-refractivity contribution in [1.29, 1.82) is 5.26 Å². The first-order valence-corrected chi connectivity index (χ1v) is 5.04. The Kier molecular flexibility index (Phi) is 7.18. The third kappa shape index (κ3) is 4.42. The van der Waals surface area contributed by atoms with Gasteiger partial charge in [-0.05, 0) is 30.8 Å². The van der Waals surface area contributed by atoms with Crippen LogP contribution in [0.25, 0.3) is 0 Å². The van der Waals surface area contributed by atoms with E-state index in [0.29, 0.717) is 0 Å². The molecule has 0 saturated heterocycles. The molecular formula is C11H10NNaO2S. The molecule has 0 aliphatic heterocycles. The van der Waals surface area contributed by atoms with Gasteiger partial charge < -0.3 is 6.53 Å². The number of benzene rings is 1. The molecule has 0 bridgehead atoms. The Hall–Kier alpha value is -0.730. The van der Waals surface area contributed by atoms with Crippen LogP contribution in [0.5, 0.6) is 0 Å². The molecule has 1 rings (SSSR count). The molecule has 0 heterocycles. The zero-order valence-electron chi connectivity index (χ0n) is 10.1. The smallest absolute Gasteiger partial charge is 1.00 e. The monoisotopic (exact) mass is 243 g/mol. The van der Waals surface area contributed by atoms with Crippen LogP contribution in [0.15, 0.2) is 46.6 Å². The topological polar surface area (TPSA) is 61.1 Å². The molecule has 0 aromatic heterocycles. The van der Waals surface area contributed by atoms with E-state index in [1.165, 1.54) is 6.92 Å². The van der Waals surface area contributed by atoms with Crippen LogP contribution in [-0.4, -0.2) is 10.2 Å². The number of hydrogen-bond donors (Lipinski definition) is 1. The zero-order valence-corrected chi connectivity index (χ0v) is 11.9. The van der Waals surface area contributed by atoms with Gasteiger partial charge >= 0.3 is 29.6 Å². The van der Waals surface area contributed by atoms with E-state index >= 15 is 0 Å². The van der Waals surface area contributed by atoms with E-state index in [9.17, 15) is 4.79 Å². The molecule has 16 heavy (non-hydrogen) atoms. The molecule has 1 aromatic carbocycles. The molecule has 3 nitrogen and oxygen atoms in total. The van der Waals surface area contributed by atoms with Crippen molar-refractivity contribution in [3.8, 4) is 6.07 Å². The standard InChI is InChI=1S/C11H9NO2S.Na.H/c1-8(13)10(7-12)11(14)15-9-5-3-2-4-6-9;;/h2-6,13H,1H3;;/q;+1;-1/b10-8-;;. The minimum Gasteiger partial charge on any atom is -1.00 e. The van der Waals surface area contributed by atoms with Crippen LogP contribution in [0.2, 0.25) is 0 Å². The van der Waals surface area contributed by atoms with Crippen molar-refractivity contribution in [2.24, 2.45) is 0 Å². The summed E-state index contributed by atoms with van der Waals surface area (Å²) in [5, 5.41) is 17.3. The van der Waals surface area contributed by atoms with E-state index in [0.717, 1.165) is 16.7 Å². The Balaban J connectivity index is 0. The maximum absolute atomic E-state index is 11.5.